The molecule has 2 atom stereocenters. The number of nitrogens with zero attached hydrogens (tertiary/aromatic N) is 3. The van der Waals surface area contributed by atoms with Crippen molar-refractivity contribution in [1.82, 2.24) is 14.9 Å². The summed E-state index contributed by atoms with van der Waals surface area (Å²) < 4.78 is 1.47. The van der Waals surface area contributed by atoms with Crippen molar-refractivity contribution in [2.24, 2.45) is 11.8 Å². The van der Waals surface area contributed by atoms with Crippen LogP contribution in [-0.4, -0.2) is 20.8 Å². The molecule has 2 rings (SSSR count). The third-order valence-electron chi connectivity index (χ3n) is 2.10. The fourth-order valence-electron chi connectivity index (χ4n) is 1.16. The lowest BCUT2D eigenvalue weighted by Gasteiger charge is -2.01. The second-order valence-electron chi connectivity index (χ2n) is 3.16. The molecule has 0 saturated heterocycles. The molecule has 0 bridgehead atoms. The second kappa shape index (κ2) is 2.58. The van der Waals surface area contributed by atoms with Gasteiger partial charge in [0.25, 0.3) is 0 Å². The van der Waals surface area contributed by atoms with Crippen LogP contribution >= 0.6 is 0 Å². The number of carbonyl (C=O) groups excluding carboxylic acids is 1. The maximum absolute atomic E-state index is 11.3. The fourth-order valence-corrected chi connectivity index (χ4v) is 1.16. The fraction of sp³-hybridized carbons (Fsp3) is 0.571. The number of hydrogen-bond donors (Lipinski definition) is 1. The normalized spacial score (nSPS) is 26.8. The quantitative estimate of drug-likeness (QED) is 0.673. The first kappa shape index (κ1) is 7.27. The van der Waals surface area contributed by atoms with Gasteiger partial charge in [-0.3, -0.25) is 10.2 Å². The highest BCUT2D eigenvalue weighted by Gasteiger charge is 2.39. The van der Waals surface area contributed by atoms with E-state index in [1.807, 2.05) is 0 Å². The van der Waals surface area contributed by atoms with Gasteiger partial charge in [0.2, 0.25) is 5.91 Å². The van der Waals surface area contributed by atoms with E-state index in [1.54, 1.807) is 0 Å². The topological polar surface area (TPSA) is 59.8 Å². The van der Waals surface area contributed by atoms with Gasteiger partial charge >= 0.3 is 0 Å². The lowest BCUT2D eigenvalue weighted by molar-refractivity contribution is -0.118. The number of hydrogen-bond acceptors (Lipinski definition) is 3. The van der Waals surface area contributed by atoms with Gasteiger partial charge in [-0.05, 0) is 12.3 Å². The maximum atomic E-state index is 11.3. The summed E-state index contributed by atoms with van der Waals surface area (Å²) in [5.41, 5.74) is 2.67. The standard InChI is InChI=1S/C7H10N4O/c1-5-2-6(5)7(12)10-11-3-8-9-4-11/h3-6H,2H2,1H3,(H,10,12)/t5-,6-/m1/s1. The van der Waals surface area contributed by atoms with Crippen LogP contribution < -0.4 is 5.43 Å². The van der Waals surface area contributed by atoms with Crippen molar-refractivity contribution in [3.05, 3.63) is 12.7 Å². The van der Waals surface area contributed by atoms with Crippen molar-refractivity contribution >= 4 is 5.91 Å². The minimum Gasteiger partial charge on any atom is -0.273 e. The van der Waals surface area contributed by atoms with E-state index in [-0.39, 0.29) is 11.8 Å². The summed E-state index contributed by atoms with van der Waals surface area (Å²) in [6, 6.07) is 0. The van der Waals surface area contributed by atoms with E-state index < -0.39 is 0 Å². The van der Waals surface area contributed by atoms with E-state index in [1.165, 1.54) is 17.3 Å². The van der Waals surface area contributed by atoms with Crippen LogP contribution in [0, 0.1) is 11.8 Å². The smallest absolute Gasteiger partial charge is 0.242 e. The predicted octanol–water partition coefficient (Wildman–Crippen LogP) is 0.00420. The molecule has 1 aliphatic carbocycles. The summed E-state index contributed by atoms with van der Waals surface area (Å²) in [5.74, 6) is 0.774. The average Bonchev–Trinajstić information content (AvgIpc) is 2.58. The van der Waals surface area contributed by atoms with E-state index in [2.05, 4.69) is 22.5 Å². The van der Waals surface area contributed by atoms with E-state index in [0.29, 0.717) is 5.92 Å². The zero-order valence-electron chi connectivity index (χ0n) is 6.77. The zero-order valence-corrected chi connectivity index (χ0v) is 6.77. The molecule has 64 valence electrons. The van der Waals surface area contributed by atoms with Gasteiger partial charge in [-0.1, -0.05) is 6.92 Å². The molecule has 1 aromatic rings. The number of rotatable bonds is 2. The number of carbonyl (C=O) groups is 1. The average molecular weight is 166 g/mol. The van der Waals surface area contributed by atoms with Gasteiger partial charge in [0.05, 0.1) is 0 Å². The Labute approximate surface area is 69.8 Å². The van der Waals surface area contributed by atoms with Gasteiger partial charge < -0.3 is 0 Å². The van der Waals surface area contributed by atoms with Crippen LogP contribution in [0.4, 0.5) is 0 Å². The molecule has 5 heteroatoms. The Hall–Kier alpha value is -1.39. The Balaban J connectivity index is 1.92. The third-order valence-corrected chi connectivity index (χ3v) is 2.10. The monoisotopic (exact) mass is 166 g/mol. The molecule has 0 spiro atoms. The van der Waals surface area contributed by atoms with Crippen LogP contribution in [-0.2, 0) is 4.79 Å². The molecule has 1 amide bonds. The molecular weight excluding hydrogens is 156 g/mol. The summed E-state index contributed by atoms with van der Waals surface area (Å²) in [6.07, 6.45) is 3.92. The van der Waals surface area contributed by atoms with Crippen molar-refractivity contribution in [2.75, 3.05) is 5.43 Å². The molecule has 0 unspecified atom stereocenters. The number of aromatic nitrogens is 3. The summed E-state index contributed by atoms with van der Waals surface area (Å²) in [4.78, 5) is 11.3. The molecule has 1 N–H and O–H groups in total. The zero-order chi connectivity index (χ0) is 8.55. The second-order valence-corrected chi connectivity index (χ2v) is 3.16. The van der Waals surface area contributed by atoms with Crippen LogP contribution in [0.25, 0.3) is 0 Å². The molecule has 0 radical (unpaired) electrons. The highest BCUT2D eigenvalue weighted by molar-refractivity contribution is 5.88. The third kappa shape index (κ3) is 1.30. The largest absolute Gasteiger partial charge is 0.273 e. The molecule has 12 heavy (non-hydrogen) atoms. The van der Waals surface area contributed by atoms with Crippen molar-refractivity contribution in [1.29, 1.82) is 0 Å². The molecule has 1 saturated carbocycles. The van der Waals surface area contributed by atoms with E-state index in [9.17, 15) is 4.79 Å². The number of amides is 1. The Bertz CT molecular complexity index is 282. The molecule has 1 aromatic heterocycles. The van der Waals surface area contributed by atoms with Crippen LogP contribution in [0.5, 0.6) is 0 Å². The van der Waals surface area contributed by atoms with Gasteiger partial charge in [0, 0.05) is 5.92 Å². The molecule has 5 nitrogen and oxygen atoms in total. The molecule has 1 aliphatic rings. The Morgan fingerprint density at radius 2 is 2.17 bits per heavy atom. The predicted molar refractivity (Wildman–Crippen MR) is 41.7 cm³/mol. The van der Waals surface area contributed by atoms with Gasteiger partial charge in [-0.15, -0.1) is 10.2 Å². The first-order chi connectivity index (χ1) is 5.77. The highest BCUT2D eigenvalue weighted by atomic mass is 16.2. The van der Waals surface area contributed by atoms with Crippen molar-refractivity contribution in [2.45, 2.75) is 13.3 Å². The maximum Gasteiger partial charge on any atom is 0.242 e. The minimum absolute atomic E-state index is 0.0577. The van der Waals surface area contributed by atoms with E-state index >= 15 is 0 Å². The van der Waals surface area contributed by atoms with E-state index in [0.717, 1.165) is 6.42 Å². The molecular formula is C7H10N4O. The Kier molecular flexibility index (Phi) is 1.56. The van der Waals surface area contributed by atoms with Gasteiger partial charge in [-0.25, -0.2) is 4.68 Å². The summed E-state index contributed by atoms with van der Waals surface area (Å²) >= 11 is 0. The molecule has 1 fully saturated rings. The van der Waals surface area contributed by atoms with Crippen LogP contribution in [0.15, 0.2) is 12.7 Å². The van der Waals surface area contributed by atoms with Gasteiger partial charge in [0.15, 0.2) is 0 Å². The van der Waals surface area contributed by atoms with E-state index in [4.69, 9.17) is 0 Å². The first-order valence-electron chi connectivity index (χ1n) is 3.93. The number of nitrogens with one attached hydrogen (secondary N) is 1. The Morgan fingerprint density at radius 1 is 1.58 bits per heavy atom. The summed E-state index contributed by atoms with van der Waals surface area (Å²) in [5, 5.41) is 7.14. The molecule has 0 aromatic carbocycles. The highest BCUT2D eigenvalue weighted by Crippen LogP contribution is 2.37. The molecule has 0 aliphatic heterocycles. The first-order valence-corrected chi connectivity index (χ1v) is 3.93. The van der Waals surface area contributed by atoms with Crippen LogP contribution in [0.3, 0.4) is 0 Å². The molecule has 1 heterocycles. The lowest BCUT2D eigenvalue weighted by atomic mass is 10.3. The summed E-state index contributed by atoms with van der Waals surface area (Å²) in [6.45, 7) is 2.07. The van der Waals surface area contributed by atoms with Crippen molar-refractivity contribution < 1.29 is 4.79 Å². The van der Waals surface area contributed by atoms with Crippen molar-refractivity contribution in [3.8, 4) is 0 Å². The van der Waals surface area contributed by atoms with Gasteiger partial charge in [-0.2, -0.15) is 0 Å². The van der Waals surface area contributed by atoms with Crippen LogP contribution in [0.1, 0.15) is 13.3 Å². The summed E-state index contributed by atoms with van der Waals surface area (Å²) in [7, 11) is 0. The van der Waals surface area contributed by atoms with Crippen LogP contribution in [0.2, 0.25) is 0 Å². The minimum atomic E-state index is 0.0577. The SMILES string of the molecule is C[C@@H]1C[C@H]1C(=O)Nn1cnnc1. The van der Waals surface area contributed by atoms with Crippen molar-refractivity contribution in [3.63, 3.8) is 0 Å². The van der Waals surface area contributed by atoms with Gasteiger partial charge in [0.1, 0.15) is 12.7 Å². The lowest BCUT2D eigenvalue weighted by Crippen LogP contribution is -2.23. The Morgan fingerprint density at radius 3 is 2.67 bits per heavy atom.